The van der Waals surface area contributed by atoms with E-state index >= 15 is 0 Å². The SMILES string of the molecule is CN1CC(=O)N2CC[C@@H](CC(=O)N3CC[C@@H](O)C3)[C@@H](C=CCOc3ccccc3C1)C2. The number of fused-ring (bicyclic) bond motifs is 3. The van der Waals surface area contributed by atoms with Gasteiger partial charge in [-0.1, -0.05) is 30.4 Å². The van der Waals surface area contributed by atoms with E-state index in [1.54, 1.807) is 4.90 Å². The molecule has 0 saturated carbocycles. The molecule has 0 aliphatic carbocycles. The number of hydrogen-bond acceptors (Lipinski definition) is 5. The van der Waals surface area contributed by atoms with E-state index in [4.69, 9.17) is 4.74 Å². The Hall–Kier alpha value is -2.38. The van der Waals surface area contributed by atoms with Gasteiger partial charge in [-0.15, -0.1) is 0 Å². The second-order valence-corrected chi connectivity index (χ2v) is 9.06. The molecule has 3 aliphatic rings. The number of carbonyl (C=O) groups is 2. The highest BCUT2D eigenvalue weighted by atomic mass is 16.5. The van der Waals surface area contributed by atoms with Crippen LogP contribution in [-0.2, 0) is 16.1 Å². The van der Waals surface area contributed by atoms with Crippen molar-refractivity contribution in [1.29, 1.82) is 0 Å². The van der Waals surface area contributed by atoms with Gasteiger partial charge in [0.2, 0.25) is 11.8 Å². The topological polar surface area (TPSA) is 73.3 Å². The second-order valence-electron chi connectivity index (χ2n) is 9.06. The maximum atomic E-state index is 12.9. The molecular formula is C24H33N3O4. The Morgan fingerprint density at radius 3 is 2.81 bits per heavy atom. The third kappa shape index (κ3) is 5.46. The smallest absolute Gasteiger partial charge is 0.236 e. The maximum Gasteiger partial charge on any atom is 0.236 e. The number of benzene rings is 1. The summed E-state index contributed by atoms with van der Waals surface area (Å²) in [6, 6.07) is 7.95. The van der Waals surface area contributed by atoms with Crippen LogP contribution in [0, 0.1) is 11.8 Å². The van der Waals surface area contributed by atoms with Gasteiger partial charge in [0.05, 0.1) is 12.6 Å². The summed E-state index contributed by atoms with van der Waals surface area (Å²) < 4.78 is 6.01. The summed E-state index contributed by atoms with van der Waals surface area (Å²) in [4.78, 5) is 31.5. The number of β-amino-alcohol motifs (C(OH)–C–C–N with tert-alkyl or cyclic N) is 1. The summed E-state index contributed by atoms with van der Waals surface area (Å²) in [5, 5.41) is 9.75. The van der Waals surface area contributed by atoms with Gasteiger partial charge < -0.3 is 19.6 Å². The Kier molecular flexibility index (Phi) is 6.92. The first kappa shape index (κ1) is 21.8. The molecule has 3 atom stereocenters. The third-order valence-corrected chi connectivity index (χ3v) is 6.65. The summed E-state index contributed by atoms with van der Waals surface area (Å²) in [5.41, 5.74) is 1.07. The molecule has 7 nitrogen and oxygen atoms in total. The van der Waals surface area contributed by atoms with Gasteiger partial charge in [-0.2, -0.15) is 0 Å². The Morgan fingerprint density at radius 1 is 1.16 bits per heavy atom. The molecule has 2 fully saturated rings. The Labute approximate surface area is 184 Å². The van der Waals surface area contributed by atoms with Gasteiger partial charge in [-0.25, -0.2) is 0 Å². The van der Waals surface area contributed by atoms with Crippen molar-refractivity contribution < 1.29 is 19.4 Å². The highest BCUT2D eigenvalue weighted by Crippen LogP contribution is 2.30. The van der Waals surface area contributed by atoms with Crippen molar-refractivity contribution in [2.45, 2.75) is 31.9 Å². The number of likely N-dealkylation sites (tertiary alicyclic amines) is 1. The molecule has 0 aromatic heterocycles. The molecule has 3 aliphatic heterocycles. The molecule has 2 bridgehead atoms. The van der Waals surface area contributed by atoms with Gasteiger partial charge >= 0.3 is 0 Å². The first-order chi connectivity index (χ1) is 15.0. The predicted molar refractivity (Wildman–Crippen MR) is 117 cm³/mol. The molecule has 7 heteroatoms. The Balaban J connectivity index is 1.48. The lowest BCUT2D eigenvalue weighted by atomic mass is 9.82. The fourth-order valence-electron chi connectivity index (χ4n) is 4.87. The Morgan fingerprint density at radius 2 is 2.00 bits per heavy atom. The van der Waals surface area contributed by atoms with E-state index in [0.29, 0.717) is 58.7 Å². The molecule has 4 rings (SSSR count). The summed E-state index contributed by atoms with van der Waals surface area (Å²) in [6.45, 7) is 3.88. The number of para-hydroxylation sites is 1. The maximum absolute atomic E-state index is 12.9. The first-order valence-electron chi connectivity index (χ1n) is 11.3. The number of aliphatic hydroxyl groups is 1. The molecule has 1 aromatic carbocycles. The molecule has 2 saturated heterocycles. The van der Waals surface area contributed by atoms with Crippen LogP contribution >= 0.6 is 0 Å². The normalized spacial score (nSPS) is 27.7. The van der Waals surface area contributed by atoms with E-state index in [1.807, 2.05) is 47.2 Å². The number of hydrogen-bond donors (Lipinski definition) is 1. The van der Waals surface area contributed by atoms with Crippen LogP contribution < -0.4 is 4.74 Å². The van der Waals surface area contributed by atoms with Crippen molar-refractivity contribution in [3.8, 4) is 5.75 Å². The van der Waals surface area contributed by atoms with Crippen LogP contribution in [0.25, 0.3) is 0 Å². The van der Waals surface area contributed by atoms with Crippen molar-refractivity contribution in [3.05, 3.63) is 42.0 Å². The summed E-state index contributed by atoms with van der Waals surface area (Å²) in [6.07, 6.45) is 5.69. The van der Waals surface area contributed by atoms with Gasteiger partial charge in [0.15, 0.2) is 0 Å². The van der Waals surface area contributed by atoms with Crippen LogP contribution in [0.2, 0.25) is 0 Å². The summed E-state index contributed by atoms with van der Waals surface area (Å²) in [7, 11) is 1.96. The van der Waals surface area contributed by atoms with E-state index in [9.17, 15) is 14.7 Å². The lowest BCUT2D eigenvalue weighted by Gasteiger charge is -2.38. The number of likely N-dealkylation sites (N-methyl/N-ethyl adjacent to an activating group) is 1. The average molecular weight is 428 g/mol. The second kappa shape index (κ2) is 9.83. The zero-order chi connectivity index (χ0) is 21.8. The predicted octanol–water partition coefficient (Wildman–Crippen LogP) is 1.52. The monoisotopic (exact) mass is 427 g/mol. The third-order valence-electron chi connectivity index (χ3n) is 6.65. The zero-order valence-electron chi connectivity index (χ0n) is 18.3. The molecule has 2 amide bonds. The van der Waals surface area contributed by atoms with E-state index in [2.05, 4.69) is 6.08 Å². The fraction of sp³-hybridized carbons (Fsp3) is 0.583. The Bertz CT molecular complexity index is 827. The van der Waals surface area contributed by atoms with E-state index in [-0.39, 0.29) is 23.7 Å². The van der Waals surface area contributed by atoms with Gasteiger partial charge in [0, 0.05) is 44.7 Å². The molecule has 0 radical (unpaired) electrons. The van der Waals surface area contributed by atoms with Crippen LogP contribution in [0.1, 0.15) is 24.8 Å². The summed E-state index contributed by atoms with van der Waals surface area (Å²) in [5.74, 6) is 1.40. The molecule has 1 aromatic rings. The molecule has 3 heterocycles. The van der Waals surface area contributed by atoms with E-state index in [1.165, 1.54) is 0 Å². The van der Waals surface area contributed by atoms with E-state index < -0.39 is 6.10 Å². The quantitative estimate of drug-likeness (QED) is 0.725. The lowest BCUT2D eigenvalue weighted by Crippen LogP contribution is -2.47. The van der Waals surface area contributed by atoms with Gasteiger partial charge in [0.1, 0.15) is 12.4 Å². The highest BCUT2D eigenvalue weighted by molar-refractivity contribution is 5.79. The number of carbonyl (C=O) groups excluding carboxylic acids is 2. The first-order valence-corrected chi connectivity index (χ1v) is 11.3. The van der Waals surface area contributed by atoms with Crippen molar-refractivity contribution in [1.82, 2.24) is 14.7 Å². The average Bonchev–Trinajstić information content (AvgIpc) is 3.19. The van der Waals surface area contributed by atoms with Crippen molar-refractivity contribution >= 4 is 11.8 Å². The molecule has 0 spiro atoms. The van der Waals surface area contributed by atoms with Gasteiger partial charge in [0.25, 0.3) is 0 Å². The van der Waals surface area contributed by atoms with Crippen molar-refractivity contribution in [3.63, 3.8) is 0 Å². The highest BCUT2D eigenvalue weighted by Gasteiger charge is 2.34. The van der Waals surface area contributed by atoms with Crippen LogP contribution in [-0.4, -0.2) is 84.1 Å². The number of piperidine rings is 1. The van der Waals surface area contributed by atoms with Crippen molar-refractivity contribution in [2.75, 3.05) is 46.4 Å². The minimum Gasteiger partial charge on any atom is -0.489 e. The number of rotatable bonds is 2. The number of nitrogens with zero attached hydrogens (tertiary/aromatic N) is 3. The zero-order valence-corrected chi connectivity index (χ0v) is 18.3. The summed E-state index contributed by atoms with van der Waals surface area (Å²) >= 11 is 0. The molecule has 31 heavy (non-hydrogen) atoms. The molecule has 168 valence electrons. The molecule has 1 N–H and O–H groups in total. The van der Waals surface area contributed by atoms with Crippen LogP contribution in [0.4, 0.5) is 0 Å². The largest absolute Gasteiger partial charge is 0.489 e. The molecular weight excluding hydrogens is 394 g/mol. The number of aliphatic hydroxyl groups excluding tert-OH is 1. The number of amides is 2. The van der Waals surface area contributed by atoms with Crippen LogP contribution in [0.3, 0.4) is 0 Å². The molecule has 0 unspecified atom stereocenters. The van der Waals surface area contributed by atoms with E-state index in [0.717, 1.165) is 17.7 Å². The number of ether oxygens (including phenoxy) is 1. The fourth-order valence-corrected chi connectivity index (χ4v) is 4.87. The minimum absolute atomic E-state index is 0.113. The standard InChI is InChI=1S/C24H33N3O4/c1-25-14-20-5-2-3-7-22(20)31-12-4-6-19-15-26(24(30)17-25)10-8-18(19)13-23(29)27-11-9-21(28)16-27/h2-7,18-19,21,28H,8-17H2,1H3/t18-,19-,21+/m0/s1. The van der Waals surface area contributed by atoms with Crippen LogP contribution in [0.5, 0.6) is 5.75 Å². The minimum atomic E-state index is -0.398. The lowest BCUT2D eigenvalue weighted by molar-refractivity contribution is -0.135. The van der Waals surface area contributed by atoms with Gasteiger partial charge in [-0.05, 0) is 37.8 Å². The van der Waals surface area contributed by atoms with Crippen LogP contribution in [0.15, 0.2) is 36.4 Å². The van der Waals surface area contributed by atoms with Crippen molar-refractivity contribution in [2.24, 2.45) is 11.8 Å². The van der Waals surface area contributed by atoms with Gasteiger partial charge in [-0.3, -0.25) is 14.5 Å².